The van der Waals surface area contributed by atoms with Crippen LogP contribution in [0.15, 0.2) is 66.7 Å². The van der Waals surface area contributed by atoms with Crippen LogP contribution >= 0.6 is 0 Å². The highest BCUT2D eigenvalue weighted by Crippen LogP contribution is 2.42. The first-order chi connectivity index (χ1) is 32.4. The Labute approximate surface area is 383 Å². The van der Waals surface area contributed by atoms with Gasteiger partial charge in [-0.1, -0.05) is 18.2 Å². The molecule has 4 amide bonds. The standard InChI is InChI=1S/C50H49F2N7O8/c1-29-44(38-9-4-18-59(38)54-29)45-37(52)15-14-34-33(8-5-25-66-40-10-2-6-30-26-31(51)12-13-32(30)40)47(50(64)65)57(46(34)45)24-21-55-19-22-56(23-20-55)43(61)28-67-41-11-3-7-35-36(41)27-58(49(35)63)39-16-17-42(60)53-48(39)62/h2-3,6-7,10-15,26,39H,4-5,8-9,16-25,27-28H2,1H3,(H,64,65)(H,53,60,62). The second-order valence-corrected chi connectivity index (χ2v) is 17.6. The number of ether oxygens (including phenoxy) is 2. The summed E-state index contributed by atoms with van der Waals surface area (Å²) in [5, 5.41) is 20.1. The van der Waals surface area contributed by atoms with E-state index in [2.05, 4.69) is 10.2 Å². The Kier molecular flexibility index (Phi) is 11.7. The number of aromatic nitrogens is 3. The molecule has 0 radical (unpaired) electrons. The molecule has 1 atom stereocenters. The van der Waals surface area contributed by atoms with Crippen LogP contribution in [0.2, 0.25) is 0 Å². The number of piperazine rings is 1. The monoisotopic (exact) mass is 913 g/mol. The van der Waals surface area contributed by atoms with E-state index in [4.69, 9.17) is 14.6 Å². The molecule has 67 heavy (non-hydrogen) atoms. The van der Waals surface area contributed by atoms with Crippen LogP contribution in [-0.4, -0.2) is 116 Å². The van der Waals surface area contributed by atoms with Crippen LogP contribution in [0, 0.1) is 18.6 Å². The topological polar surface area (TPSA) is 169 Å². The highest BCUT2D eigenvalue weighted by Gasteiger charge is 2.40. The fourth-order valence-electron chi connectivity index (χ4n) is 10.4. The molecule has 4 aliphatic rings. The Hall–Kier alpha value is -7.14. The minimum absolute atomic E-state index is 0.0873. The number of hydrogen-bond donors (Lipinski definition) is 2. The third-order valence-electron chi connectivity index (χ3n) is 13.6. The van der Waals surface area contributed by atoms with Gasteiger partial charge in [0, 0.05) is 91.0 Å². The Morgan fingerprint density at radius 2 is 1.67 bits per heavy atom. The molecule has 0 aliphatic carbocycles. The Bertz CT molecular complexity index is 3010. The average molecular weight is 914 g/mol. The molecule has 2 aromatic heterocycles. The number of carbonyl (C=O) groups excluding carboxylic acids is 4. The number of piperidine rings is 1. The van der Waals surface area contributed by atoms with Crippen molar-refractivity contribution in [3.8, 4) is 22.6 Å². The highest BCUT2D eigenvalue weighted by molar-refractivity contribution is 6.06. The van der Waals surface area contributed by atoms with E-state index in [9.17, 15) is 33.5 Å². The molecule has 6 heterocycles. The van der Waals surface area contributed by atoms with Crippen LogP contribution in [0.3, 0.4) is 0 Å². The van der Waals surface area contributed by atoms with Gasteiger partial charge < -0.3 is 28.9 Å². The largest absolute Gasteiger partial charge is 0.493 e. The summed E-state index contributed by atoms with van der Waals surface area (Å²) in [4.78, 5) is 69.8. The number of amides is 4. The first-order valence-electron chi connectivity index (χ1n) is 22.8. The molecule has 0 bridgehead atoms. The Morgan fingerprint density at radius 1 is 0.881 bits per heavy atom. The average Bonchev–Trinajstić information content (AvgIpc) is 4.07. The molecule has 4 aromatic carbocycles. The van der Waals surface area contributed by atoms with Gasteiger partial charge in [-0.2, -0.15) is 5.10 Å². The van der Waals surface area contributed by atoms with E-state index in [0.717, 1.165) is 30.5 Å². The lowest BCUT2D eigenvalue weighted by atomic mass is 9.97. The number of aryl methyl sites for hydroxylation is 3. The van der Waals surface area contributed by atoms with Gasteiger partial charge in [-0.15, -0.1) is 0 Å². The van der Waals surface area contributed by atoms with Gasteiger partial charge in [-0.3, -0.25) is 34.1 Å². The third kappa shape index (κ3) is 8.14. The number of carbonyl (C=O) groups is 5. The van der Waals surface area contributed by atoms with Gasteiger partial charge in [-0.25, -0.2) is 13.6 Å². The van der Waals surface area contributed by atoms with Crippen LogP contribution in [0.5, 0.6) is 11.5 Å². The predicted molar refractivity (Wildman–Crippen MR) is 242 cm³/mol. The van der Waals surface area contributed by atoms with Crippen LogP contribution in [0.1, 0.15) is 69.0 Å². The molecule has 6 aromatic rings. The number of hydrogen-bond acceptors (Lipinski definition) is 9. The Morgan fingerprint density at radius 3 is 2.48 bits per heavy atom. The number of carboxylic acid groups (broad SMARTS) is 1. The van der Waals surface area contributed by atoms with Crippen molar-refractivity contribution in [2.24, 2.45) is 0 Å². The second kappa shape index (κ2) is 17.9. The molecule has 15 nitrogen and oxygen atoms in total. The molecular formula is C50H49F2N7O8. The zero-order chi connectivity index (χ0) is 46.5. The van der Waals surface area contributed by atoms with Crippen molar-refractivity contribution in [1.82, 2.24) is 34.4 Å². The quantitative estimate of drug-likeness (QED) is 0.0995. The van der Waals surface area contributed by atoms with E-state index in [0.29, 0.717) is 107 Å². The number of imide groups is 1. The number of fused-ring (bicyclic) bond motifs is 4. The molecule has 0 spiro atoms. The molecule has 10 rings (SSSR count). The van der Waals surface area contributed by atoms with Crippen LogP contribution in [-0.2, 0) is 46.9 Å². The van der Waals surface area contributed by atoms with Gasteiger partial charge in [0.05, 0.1) is 24.4 Å². The molecule has 346 valence electrons. The zero-order valence-corrected chi connectivity index (χ0v) is 37.0. The molecule has 0 saturated carbocycles. The van der Waals surface area contributed by atoms with Gasteiger partial charge in [0.15, 0.2) is 6.61 Å². The predicted octanol–water partition coefficient (Wildman–Crippen LogP) is 5.88. The van der Waals surface area contributed by atoms with E-state index < -0.39 is 23.7 Å². The third-order valence-corrected chi connectivity index (χ3v) is 13.6. The number of rotatable bonds is 14. The van der Waals surface area contributed by atoms with Crippen molar-refractivity contribution in [3.63, 3.8) is 0 Å². The first kappa shape index (κ1) is 43.7. The van der Waals surface area contributed by atoms with E-state index >= 15 is 4.39 Å². The van der Waals surface area contributed by atoms with E-state index in [1.54, 1.807) is 45.9 Å². The van der Waals surface area contributed by atoms with Crippen LogP contribution < -0.4 is 14.8 Å². The second-order valence-electron chi connectivity index (χ2n) is 17.6. The van der Waals surface area contributed by atoms with Crippen molar-refractivity contribution in [2.75, 3.05) is 45.9 Å². The summed E-state index contributed by atoms with van der Waals surface area (Å²) in [6.45, 7) is 5.19. The smallest absolute Gasteiger partial charge is 0.352 e. The van der Waals surface area contributed by atoms with Gasteiger partial charge in [0.1, 0.15) is 34.9 Å². The fraction of sp³-hybridized carbons (Fsp3) is 0.360. The molecule has 2 saturated heterocycles. The van der Waals surface area contributed by atoms with Gasteiger partial charge >= 0.3 is 5.97 Å². The number of aromatic carboxylic acids is 1. The lowest BCUT2D eigenvalue weighted by Crippen LogP contribution is -2.52. The van der Waals surface area contributed by atoms with E-state index in [-0.39, 0.29) is 68.4 Å². The number of benzene rings is 4. The van der Waals surface area contributed by atoms with Crippen molar-refractivity contribution in [3.05, 3.63) is 112 Å². The number of nitrogens with one attached hydrogen (secondary N) is 1. The molecule has 17 heteroatoms. The summed E-state index contributed by atoms with van der Waals surface area (Å²) in [5.74, 6) is -2.39. The first-order valence-corrected chi connectivity index (χ1v) is 22.8. The summed E-state index contributed by atoms with van der Waals surface area (Å²) >= 11 is 0. The summed E-state index contributed by atoms with van der Waals surface area (Å²) in [6, 6.07) is 17.3. The van der Waals surface area contributed by atoms with Crippen molar-refractivity contribution in [1.29, 1.82) is 0 Å². The number of carboxylic acids is 1. The normalized spacial score (nSPS) is 17.4. The van der Waals surface area contributed by atoms with Crippen molar-refractivity contribution >= 4 is 51.3 Å². The Balaban J connectivity index is 0.844. The summed E-state index contributed by atoms with van der Waals surface area (Å²) < 4.78 is 46.3. The fourth-order valence-corrected chi connectivity index (χ4v) is 10.4. The van der Waals surface area contributed by atoms with Crippen molar-refractivity contribution in [2.45, 2.75) is 71.1 Å². The lowest BCUT2D eigenvalue weighted by molar-refractivity contribution is -0.137. The van der Waals surface area contributed by atoms with E-state index in [1.807, 2.05) is 23.7 Å². The molecule has 4 aliphatic heterocycles. The van der Waals surface area contributed by atoms with Crippen LogP contribution in [0.25, 0.3) is 32.8 Å². The zero-order valence-electron chi connectivity index (χ0n) is 37.0. The maximum absolute atomic E-state index is 16.4. The van der Waals surface area contributed by atoms with Gasteiger partial charge in [0.25, 0.3) is 11.8 Å². The SMILES string of the molecule is Cc1nn2c(c1-c1c(F)ccc3c(CCCOc4cccc5cc(F)ccc45)c(C(=O)O)n(CCN4CCN(C(=O)COc5cccc6c5CN(C5CCC(=O)NC5=O)C6=O)CC4)c13)CCC2. The summed E-state index contributed by atoms with van der Waals surface area (Å²) in [7, 11) is 0. The van der Waals surface area contributed by atoms with Gasteiger partial charge in [0.2, 0.25) is 11.8 Å². The molecule has 2 fully saturated rings. The summed E-state index contributed by atoms with van der Waals surface area (Å²) in [5.41, 5.74) is 4.82. The van der Waals surface area contributed by atoms with Crippen molar-refractivity contribution < 1.29 is 47.3 Å². The number of halogens is 2. The summed E-state index contributed by atoms with van der Waals surface area (Å²) in [6.07, 6.45) is 2.78. The van der Waals surface area contributed by atoms with E-state index in [1.165, 1.54) is 23.1 Å². The molecular weight excluding hydrogens is 865 g/mol. The maximum atomic E-state index is 16.4. The molecule has 2 N–H and O–H groups in total. The minimum Gasteiger partial charge on any atom is -0.493 e. The minimum atomic E-state index is -1.13. The maximum Gasteiger partial charge on any atom is 0.352 e. The number of nitrogens with zero attached hydrogens (tertiary/aromatic N) is 6. The molecule has 1 unspecified atom stereocenters. The lowest BCUT2D eigenvalue weighted by Gasteiger charge is -2.35. The van der Waals surface area contributed by atoms with Gasteiger partial charge in [-0.05, 0) is 98.5 Å². The highest BCUT2D eigenvalue weighted by atomic mass is 19.1. The van der Waals surface area contributed by atoms with Crippen LogP contribution in [0.4, 0.5) is 8.78 Å².